The molecule has 42 heavy (non-hydrogen) atoms. The predicted molar refractivity (Wildman–Crippen MR) is 171 cm³/mol. The first-order valence-electron chi connectivity index (χ1n) is 14.3. The second-order valence-electron chi connectivity index (χ2n) is 10.9. The molecule has 2 unspecified atom stereocenters. The van der Waals surface area contributed by atoms with E-state index in [4.69, 9.17) is 11.6 Å². The number of halogens is 1. The highest BCUT2D eigenvalue weighted by Crippen LogP contribution is 2.28. The molecule has 3 aromatic carbocycles. The SMILES string of the molecule is CCC(C)NC(=O)C(Cc1ccccc1)N(Cc1cccc(C)c1)C(=O)CCCN(c1cccc(Cl)c1C)S(C)(=O)=O. The first-order chi connectivity index (χ1) is 19.9. The van der Waals surface area contributed by atoms with E-state index in [1.54, 1.807) is 30.0 Å². The molecule has 0 saturated carbocycles. The molecule has 3 aromatic rings. The van der Waals surface area contributed by atoms with Gasteiger partial charge in [0.2, 0.25) is 21.8 Å². The lowest BCUT2D eigenvalue weighted by atomic mass is 10.0. The molecule has 226 valence electrons. The van der Waals surface area contributed by atoms with Gasteiger partial charge in [0.15, 0.2) is 0 Å². The summed E-state index contributed by atoms with van der Waals surface area (Å²) in [5, 5.41) is 3.55. The number of nitrogens with one attached hydrogen (secondary N) is 1. The Morgan fingerprint density at radius 3 is 2.26 bits per heavy atom. The Kier molecular flexibility index (Phi) is 12.0. The van der Waals surface area contributed by atoms with Crippen LogP contribution in [0.3, 0.4) is 0 Å². The second kappa shape index (κ2) is 15.2. The Labute approximate surface area is 255 Å². The van der Waals surface area contributed by atoms with Crippen molar-refractivity contribution >= 4 is 39.1 Å². The average molecular weight is 612 g/mol. The van der Waals surface area contributed by atoms with E-state index in [-0.39, 0.29) is 43.8 Å². The molecule has 0 aliphatic rings. The molecule has 7 nitrogen and oxygen atoms in total. The van der Waals surface area contributed by atoms with Crippen molar-refractivity contribution in [1.82, 2.24) is 10.2 Å². The lowest BCUT2D eigenvalue weighted by molar-refractivity contribution is -0.141. The number of carbonyl (C=O) groups excluding carboxylic acids is 2. The van der Waals surface area contributed by atoms with Crippen molar-refractivity contribution in [2.45, 2.75) is 72.0 Å². The zero-order valence-electron chi connectivity index (χ0n) is 25.1. The van der Waals surface area contributed by atoms with Gasteiger partial charge in [-0.1, -0.05) is 84.8 Å². The molecule has 0 bridgehead atoms. The van der Waals surface area contributed by atoms with Crippen LogP contribution in [0, 0.1) is 13.8 Å². The van der Waals surface area contributed by atoms with Crippen molar-refractivity contribution in [3.63, 3.8) is 0 Å². The molecule has 2 atom stereocenters. The number of sulfonamides is 1. The molecular weight excluding hydrogens is 570 g/mol. The van der Waals surface area contributed by atoms with E-state index < -0.39 is 16.1 Å². The van der Waals surface area contributed by atoms with Gasteiger partial charge in [-0.2, -0.15) is 0 Å². The Morgan fingerprint density at radius 1 is 0.952 bits per heavy atom. The van der Waals surface area contributed by atoms with Crippen LogP contribution in [-0.2, 0) is 32.6 Å². The Balaban J connectivity index is 1.91. The molecule has 2 amide bonds. The number of hydrogen-bond donors (Lipinski definition) is 1. The van der Waals surface area contributed by atoms with Gasteiger partial charge in [-0.25, -0.2) is 8.42 Å². The van der Waals surface area contributed by atoms with Gasteiger partial charge in [0.05, 0.1) is 11.9 Å². The number of carbonyl (C=O) groups is 2. The maximum absolute atomic E-state index is 14.0. The number of nitrogens with zero attached hydrogens (tertiary/aromatic N) is 2. The summed E-state index contributed by atoms with van der Waals surface area (Å²) in [6.45, 7) is 8.07. The summed E-state index contributed by atoms with van der Waals surface area (Å²) in [5.41, 5.74) is 4.07. The van der Waals surface area contributed by atoms with Crippen LogP contribution in [0.2, 0.25) is 5.02 Å². The van der Waals surface area contributed by atoms with Crippen LogP contribution in [0.1, 0.15) is 55.4 Å². The minimum absolute atomic E-state index is 0.0454. The van der Waals surface area contributed by atoms with Crippen LogP contribution in [0.5, 0.6) is 0 Å². The van der Waals surface area contributed by atoms with E-state index in [0.29, 0.717) is 22.7 Å². The first kappa shape index (κ1) is 33.1. The topological polar surface area (TPSA) is 86.8 Å². The number of amides is 2. The largest absolute Gasteiger partial charge is 0.352 e. The minimum Gasteiger partial charge on any atom is -0.352 e. The highest BCUT2D eigenvalue weighted by molar-refractivity contribution is 7.92. The van der Waals surface area contributed by atoms with Crippen molar-refractivity contribution in [2.75, 3.05) is 17.1 Å². The number of hydrogen-bond acceptors (Lipinski definition) is 4. The standard InChI is InChI=1S/C33H42ClN3O4S/c1-6-25(3)35-33(39)31(22-27-14-8-7-9-15-27)36(23-28-16-10-13-24(2)21-28)32(38)19-12-20-37(42(5,40)41)30-18-11-17-29(34)26(30)4/h7-11,13-18,21,25,31H,6,12,19-20,22-23H2,1-5H3,(H,35,39). The Morgan fingerprint density at radius 2 is 1.62 bits per heavy atom. The summed E-state index contributed by atoms with van der Waals surface area (Å²) in [6, 6.07) is 21.9. The molecule has 0 aliphatic carbocycles. The lowest BCUT2D eigenvalue weighted by Gasteiger charge is -2.33. The van der Waals surface area contributed by atoms with E-state index >= 15 is 0 Å². The third-order valence-corrected chi connectivity index (χ3v) is 8.96. The fourth-order valence-corrected chi connectivity index (χ4v) is 6.04. The molecule has 0 aromatic heterocycles. The van der Waals surface area contributed by atoms with Gasteiger partial charge in [0.1, 0.15) is 6.04 Å². The lowest BCUT2D eigenvalue weighted by Crippen LogP contribution is -2.52. The van der Waals surface area contributed by atoms with Crippen LogP contribution in [0.4, 0.5) is 5.69 Å². The van der Waals surface area contributed by atoms with E-state index in [1.165, 1.54) is 4.31 Å². The van der Waals surface area contributed by atoms with Gasteiger partial charge in [-0.3, -0.25) is 13.9 Å². The van der Waals surface area contributed by atoms with Crippen LogP contribution in [-0.4, -0.2) is 50.0 Å². The van der Waals surface area contributed by atoms with E-state index in [9.17, 15) is 18.0 Å². The fraction of sp³-hybridized carbons (Fsp3) is 0.394. The summed E-state index contributed by atoms with van der Waals surface area (Å²) in [4.78, 5) is 29.3. The second-order valence-corrected chi connectivity index (χ2v) is 13.2. The Bertz CT molecular complexity index is 1460. The predicted octanol–water partition coefficient (Wildman–Crippen LogP) is 6.06. The van der Waals surface area contributed by atoms with E-state index in [1.807, 2.05) is 75.4 Å². The van der Waals surface area contributed by atoms with Crippen LogP contribution in [0.15, 0.2) is 72.8 Å². The first-order valence-corrected chi connectivity index (χ1v) is 16.6. The third kappa shape index (κ3) is 9.33. The van der Waals surface area contributed by atoms with Crippen molar-refractivity contribution in [2.24, 2.45) is 0 Å². The normalized spacial score (nSPS) is 12.8. The summed E-state index contributed by atoms with van der Waals surface area (Å²) >= 11 is 6.28. The zero-order valence-corrected chi connectivity index (χ0v) is 26.7. The third-order valence-electron chi connectivity index (χ3n) is 7.37. The number of aryl methyl sites for hydroxylation is 1. The summed E-state index contributed by atoms with van der Waals surface area (Å²) in [6.07, 6.45) is 2.61. The Hall–Kier alpha value is -3.36. The molecular formula is C33H42ClN3O4S. The average Bonchev–Trinajstić information content (AvgIpc) is 2.94. The maximum atomic E-state index is 14.0. The number of rotatable bonds is 14. The molecule has 0 aliphatic heterocycles. The smallest absolute Gasteiger partial charge is 0.243 e. The number of anilines is 1. The highest BCUT2D eigenvalue weighted by Gasteiger charge is 2.31. The summed E-state index contributed by atoms with van der Waals surface area (Å²) in [7, 11) is -3.63. The van der Waals surface area contributed by atoms with E-state index in [0.717, 1.165) is 29.4 Å². The van der Waals surface area contributed by atoms with Crippen LogP contribution >= 0.6 is 11.6 Å². The molecule has 0 spiro atoms. The van der Waals surface area contributed by atoms with Gasteiger partial charge in [-0.15, -0.1) is 0 Å². The van der Waals surface area contributed by atoms with Gasteiger partial charge in [-0.05, 0) is 62.4 Å². The van der Waals surface area contributed by atoms with E-state index in [2.05, 4.69) is 5.32 Å². The molecule has 0 fully saturated rings. The summed E-state index contributed by atoms with van der Waals surface area (Å²) < 4.78 is 26.8. The van der Waals surface area contributed by atoms with Gasteiger partial charge in [0.25, 0.3) is 0 Å². The van der Waals surface area contributed by atoms with Gasteiger partial charge < -0.3 is 10.2 Å². The highest BCUT2D eigenvalue weighted by atomic mass is 35.5. The quantitative estimate of drug-likeness (QED) is 0.240. The molecule has 0 radical (unpaired) electrons. The molecule has 0 heterocycles. The van der Waals surface area contributed by atoms with Crippen molar-refractivity contribution in [3.05, 3.63) is 100 Å². The zero-order chi connectivity index (χ0) is 30.9. The van der Waals surface area contributed by atoms with Crippen molar-refractivity contribution < 1.29 is 18.0 Å². The molecule has 1 N–H and O–H groups in total. The molecule has 3 rings (SSSR count). The van der Waals surface area contributed by atoms with Crippen molar-refractivity contribution in [1.29, 1.82) is 0 Å². The fourth-order valence-electron chi connectivity index (χ4n) is 4.85. The summed E-state index contributed by atoms with van der Waals surface area (Å²) in [5.74, 6) is -0.422. The van der Waals surface area contributed by atoms with Crippen molar-refractivity contribution in [3.8, 4) is 0 Å². The van der Waals surface area contributed by atoms with Gasteiger partial charge >= 0.3 is 0 Å². The van der Waals surface area contributed by atoms with Crippen LogP contribution < -0.4 is 9.62 Å². The maximum Gasteiger partial charge on any atom is 0.243 e. The van der Waals surface area contributed by atoms with Gasteiger partial charge in [0, 0.05) is 37.0 Å². The molecule has 9 heteroatoms. The number of benzene rings is 3. The van der Waals surface area contributed by atoms with Crippen LogP contribution in [0.25, 0.3) is 0 Å². The molecule has 0 saturated heterocycles. The monoisotopic (exact) mass is 611 g/mol. The minimum atomic E-state index is -3.63.